The van der Waals surface area contributed by atoms with Crippen molar-refractivity contribution in [1.29, 1.82) is 0 Å². The standard InChI is InChI=1S/C21H29NO6/c1-21(2,3)28-20(25)17(15-10-11-22-13-15)19(24)27-16(18(23)26-4)12-14-8-6-5-7-9-14/h5-9,15-17,22H,10-13H2,1-4H3/t15-,16+,17+/m0/s1. The number of benzene rings is 1. The van der Waals surface area contributed by atoms with E-state index in [1.54, 1.807) is 20.8 Å². The van der Waals surface area contributed by atoms with Gasteiger partial charge in [0.05, 0.1) is 7.11 Å². The average Bonchev–Trinajstić information content (AvgIpc) is 3.14. The van der Waals surface area contributed by atoms with E-state index in [4.69, 9.17) is 14.2 Å². The molecule has 7 nitrogen and oxygen atoms in total. The van der Waals surface area contributed by atoms with Gasteiger partial charge in [-0.3, -0.25) is 9.59 Å². The van der Waals surface area contributed by atoms with Gasteiger partial charge in [-0.2, -0.15) is 0 Å². The minimum absolute atomic E-state index is 0.170. The summed E-state index contributed by atoms with van der Waals surface area (Å²) in [4.78, 5) is 37.8. The van der Waals surface area contributed by atoms with Gasteiger partial charge in [-0.05, 0) is 51.8 Å². The van der Waals surface area contributed by atoms with Crippen LogP contribution in [0.25, 0.3) is 0 Å². The maximum atomic E-state index is 12.9. The molecule has 1 aliphatic heterocycles. The molecule has 1 aromatic carbocycles. The predicted octanol–water partition coefficient (Wildman–Crippen LogP) is 1.88. The molecule has 3 atom stereocenters. The van der Waals surface area contributed by atoms with E-state index in [2.05, 4.69) is 5.32 Å². The first-order valence-electron chi connectivity index (χ1n) is 9.47. The van der Waals surface area contributed by atoms with Crippen molar-refractivity contribution in [3.63, 3.8) is 0 Å². The molecule has 1 fully saturated rings. The Morgan fingerprint density at radius 1 is 1.11 bits per heavy atom. The molecule has 0 amide bonds. The van der Waals surface area contributed by atoms with Crippen molar-refractivity contribution in [3.05, 3.63) is 35.9 Å². The Bertz CT molecular complexity index is 676. The molecule has 1 aliphatic rings. The van der Waals surface area contributed by atoms with Gasteiger partial charge in [0.1, 0.15) is 5.60 Å². The number of esters is 3. The van der Waals surface area contributed by atoms with Gasteiger partial charge in [0, 0.05) is 6.42 Å². The van der Waals surface area contributed by atoms with Crippen molar-refractivity contribution < 1.29 is 28.6 Å². The molecule has 0 bridgehead atoms. The maximum absolute atomic E-state index is 12.9. The second-order valence-corrected chi connectivity index (χ2v) is 7.90. The molecule has 0 radical (unpaired) electrons. The second-order valence-electron chi connectivity index (χ2n) is 7.90. The minimum atomic E-state index is -1.13. The van der Waals surface area contributed by atoms with Crippen molar-refractivity contribution >= 4 is 17.9 Å². The highest BCUT2D eigenvalue weighted by atomic mass is 16.6. The lowest BCUT2D eigenvalue weighted by Gasteiger charge is -2.27. The van der Waals surface area contributed by atoms with Gasteiger partial charge in [0.15, 0.2) is 5.92 Å². The van der Waals surface area contributed by atoms with Crippen LogP contribution in [0.2, 0.25) is 0 Å². The Morgan fingerprint density at radius 3 is 2.32 bits per heavy atom. The van der Waals surface area contributed by atoms with Gasteiger partial charge in [0.2, 0.25) is 6.10 Å². The van der Waals surface area contributed by atoms with Crippen LogP contribution in [0.3, 0.4) is 0 Å². The fraction of sp³-hybridized carbons (Fsp3) is 0.571. The van der Waals surface area contributed by atoms with Crippen LogP contribution in [0.4, 0.5) is 0 Å². The predicted molar refractivity (Wildman–Crippen MR) is 102 cm³/mol. The molecule has 1 heterocycles. The van der Waals surface area contributed by atoms with Crippen LogP contribution in [-0.2, 0) is 35.0 Å². The first-order chi connectivity index (χ1) is 13.2. The van der Waals surface area contributed by atoms with E-state index in [9.17, 15) is 14.4 Å². The van der Waals surface area contributed by atoms with E-state index in [0.29, 0.717) is 19.5 Å². The molecule has 1 aromatic rings. The summed E-state index contributed by atoms with van der Waals surface area (Å²) in [6, 6.07) is 9.18. The number of hydrogen-bond donors (Lipinski definition) is 1. The molecule has 0 aromatic heterocycles. The van der Waals surface area contributed by atoms with Gasteiger partial charge < -0.3 is 19.5 Å². The third-order valence-electron chi connectivity index (χ3n) is 4.47. The van der Waals surface area contributed by atoms with Crippen LogP contribution < -0.4 is 5.32 Å². The number of nitrogens with one attached hydrogen (secondary N) is 1. The quantitative estimate of drug-likeness (QED) is 0.431. The van der Waals surface area contributed by atoms with Crippen LogP contribution in [0.5, 0.6) is 0 Å². The summed E-state index contributed by atoms with van der Waals surface area (Å²) >= 11 is 0. The SMILES string of the molecule is COC(=O)[C@@H](Cc1ccccc1)OC(=O)[C@H](C(=O)OC(C)(C)C)[C@H]1CCNC1. The van der Waals surface area contributed by atoms with Gasteiger partial charge in [0.25, 0.3) is 0 Å². The molecular formula is C21H29NO6. The number of ether oxygens (including phenoxy) is 3. The first kappa shape index (κ1) is 21.9. The van der Waals surface area contributed by atoms with E-state index in [1.165, 1.54) is 7.11 Å². The van der Waals surface area contributed by atoms with Crippen LogP contribution in [0.15, 0.2) is 30.3 Å². The third kappa shape index (κ3) is 6.34. The highest BCUT2D eigenvalue weighted by Gasteiger charge is 2.42. The van der Waals surface area contributed by atoms with Crippen molar-refractivity contribution in [3.8, 4) is 0 Å². The Labute approximate surface area is 165 Å². The fourth-order valence-electron chi connectivity index (χ4n) is 3.15. The van der Waals surface area contributed by atoms with Crippen LogP contribution in [-0.4, -0.2) is 49.8 Å². The smallest absolute Gasteiger partial charge is 0.347 e. The molecule has 0 aliphatic carbocycles. The van der Waals surface area contributed by atoms with Gasteiger partial charge in [-0.25, -0.2) is 4.79 Å². The second kappa shape index (κ2) is 9.68. The molecule has 154 valence electrons. The molecule has 0 spiro atoms. The van der Waals surface area contributed by atoms with Gasteiger partial charge in [-0.1, -0.05) is 30.3 Å². The zero-order chi connectivity index (χ0) is 20.7. The number of methoxy groups -OCH3 is 1. The van der Waals surface area contributed by atoms with Crippen molar-refractivity contribution in [2.45, 2.75) is 45.3 Å². The lowest BCUT2D eigenvalue weighted by molar-refractivity contribution is -0.179. The van der Waals surface area contributed by atoms with Crippen LogP contribution in [0.1, 0.15) is 32.8 Å². The van der Waals surface area contributed by atoms with E-state index in [-0.39, 0.29) is 12.3 Å². The summed E-state index contributed by atoms with van der Waals surface area (Å²) in [6.45, 7) is 6.45. The lowest BCUT2D eigenvalue weighted by atomic mass is 9.91. The number of carbonyl (C=O) groups excluding carboxylic acids is 3. The Hall–Kier alpha value is -2.41. The molecule has 28 heavy (non-hydrogen) atoms. The normalized spacial score (nSPS) is 18.8. The van der Waals surface area contributed by atoms with E-state index in [1.807, 2.05) is 30.3 Å². The van der Waals surface area contributed by atoms with Crippen LogP contribution >= 0.6 is 0 Å². The maximum Gasteiger partial charge on any atom is 0.347 e. The molecule has 7 heteroatoms. The summed E-state index contributed by atoms with van der Waals surface area (Å²) in [5.41, 5.74) is 0.0926. The summed E-state index contributed by atoms with van der Waals surface area (Å²) < 4.78 is 15.7. The minimum Gasteiger partial charge on any atom is -0.466 e. The number of carbonyl (C=O) groups is 3. The monoisotopic (exact) mass is 391 g/mol. The molecule has 1 saturated heterocycles. The first-order valence-corrected chi connectivity index (χ1v) is 9.47. The lowest BCUT2D eigenvalue weighted by Crippen LogP contribution is -2.42. The Morgan fingerprint density at radius 2 is 1.79 bits per heavy atom. The number of rotatable bonds is 7. The van der Waals surface area contributed by atoms with E-state index < -0.39 is 35.5 Å². The molecule has 2 rings (SSSR count). The van der Waals surface area contributed by atoms with Gasteiger partial charge >= 0.3 is 17.9 Å². The largest absolute Gasteiger partial charge is 0.466 e. The van der Waals surface area contributed by atoms with Crippen molar-refractivity contribution in [2.24, 2.45) is 11.8 Å². The van der Waals surface area contributed by atoms with E-state index in [0.717, 1.165) is 5.56 Å². The molecular weight excluding hydrogens is 362 g/mol. The molecule has 0 saturated carbocycles. The fourth-order valence-corrected chi connectivity index (χ4v) is 3.15. The van der Waals surface area contributed by atoms with Crippen molar-refractivity contribution in [1.82, 2.24) is 5.32 Å². The highest BCUT2D eigenvalue weighted by molar-refractivity contribution is 5.96. The topological polar surface area (TPSA) is 90.9 Å². The summed E-state index contributed by atoms with van der Waals surface area (Å²) in [5.74, 6) is -3.37. The third-order valence-corrected chi connectivity index (χ3v) is 4.47. The van der Waals surface area contributed by atoms with E-state index >= 15 is 0 Å². The average molecular weight is 391 g/mol. The zero-order valence-electron chi connectivity index (χ0n) is 16.9. The number of hydrogen-bond acceptors (Lipinski definition) is 7. The zero-order valence-corrected chi connectivity index (χ0v) is 16.9. The summed E-state index contributed by atoms with van der Waals surface area (Å²) in [6.07, 6.45) is -0.303. The molecule has 0 unspecified atom stereocenters. The van der Waals surface area contributed by atoms with Gasteiger partial charge in [-0.15, -0.1) is 0 Å². The Kier molecular flexibility index (Phi) is 7.57. The van der Waals surface area contributed by atoms with Crippen LogP contribution in [0, 0.1) is 11.8 Å². The highest BCUT2D eigenvalue weighted by Crippen LogP contribution is 2.25. The van der Waals surface area contributed by atoms with Crippen molar-refractivity contribution in [2.75, 3.05) is 20.2 Å². The summed E-state index contributed by atoms with van der Waals surface area (Å²) in [7, 11) is 1.24. The molecule has 1 N–H and O–H groups in total. The summed E-state index contributed by atoms with van der Waals surface area (Å²) in [5, 5.41) is 3.15. The Balaban J connectivity index is 2.17.